The number of benzene rings is 2. The van der Waals surface area contributed by atoms with Gasteiger partial charge < -0.3 is 11.1 Å². The van der Waals surface area contributed by atoms with Crippen LogP contribution < -0.4 is 11.1 Å². The van der Waals surface area contributed by atoms with Crippen molar-refractivity contribution in [3.63, 3.8) is 0 Å². The summed E-state index contributed by atoms with van der Waals surface area (Å²) in [5, 5.41) is 2.42. The monoisotopic (exact) mass is 314 g/mol. The Kier molecular flexibility index (Phi) is 4.09. The average molecular weight is 315 g/mol. The Balaban J connectivity index is 2.26. The lowest BCUT2D eigenvalue weighted by Crippen LogP contribution is -2.14. The van der Waals surface area contributed by atoms with E-state index < -0.39 is 17.6 Å². The van der Waals surface area contributed by atoms with Gasteiger partial charge in [0.05, 0.1) is 21.8 Å². The SMILES string of the molecule is Nc1cccc(C(=O)Nc2cccc(C(F)(F)F)c2)c1Cl. The zero-order valence-corrected chi connectivity index (χ0v) is 11.3. The third kappa shape index (κ3) is 3.46. The van der Waals surface area contributed by atoms with Crippen LogP contribution in [0, 0.1) is 0 Å². The topological polar surface area (TPSA) is 55.1 Å². The van der Waals surface area contributed by atoms with Crippen LogP contribution in [-0.4, -0.2) is 5.91 Å². The standard InChI is InChI=1S/C14H10ClF3N2O/c15-12-10(5-2-6-11(12)19)13(21)20-9-4-1-3-8(7-9)14(16,17)18/h1-7H,19H2,(H,20,21). The predicted molar refractivity (Wildman–Crippen MR) is 75.3 cm³/mol. The fraction of sp³-hybridized carbons (Fsp3) is 0.0714. The van der Waals surface area contributed by atoms with Gasteiger partial charge in [0.1, 0.15) is 0 Å². The Morgan fingerprint density at radius 2 is 1.81 bits per heavy atom. The number of alkyl halides is 3. The van der Waals surface area contributed by atoms with E-state index >= 15 is 0 Å². The van der Waals surface area contributed by atoms with E-state index in [1.54, 1.807) is 0 Å². The van der Waals surface area contributed by atoms with Gasteiger partial charge in [0, 0.05) is 5.69 Å². The van der Waals surface area contributed by atoms with Gasteiger partial charge in [0.25, 0.3) is 5.91 Å². The summed E-state index contributed by atoms with van der Waals surface area (Å²) in [6.07, 6.45) is -4.48. The number of nitrogen functional groups attached to an aromatic ring is 1. The van der Waals surface area contributed by atoms with Crippen LogP contribution in [0.4, 0.5) is 24.5 Å². The molecule has 0 heterocycles. The first-order valence-electron chi connectivity index (χ1n) is 5.81. The number of anilines is 2. The maximum atomic E-state index is 12.6. The summed E-state index contributed by atoms with van der Waals surface area (Å²) in [6.45, 7) is 0. The molecule has 1 amide bonds. The largest absolute Gasteiger partial charge is 0.416 e. The van der Waals surface area contributed by atoms with E-state index in [2.05, 4.69) is 5.32 Å². The fourth-order valence-corrected chi connectivity index (χ4v) is 1.91. The van der Waals surface area contributed by atoms with E-state index in [4.69, 9.17) is 17.3 Å². The molecule has 0 aliphatic heterocycles. The molecule has 0 fully saturated rings. The molecule has 3 N–H and O–H groups in total. The lowest BCUT2D eigenvalue weighted by Gasteiger charge is -2.11. The van der Waals surface area contributed by atoms with E-state index in [1.807, 2.05) is 0 Å². The van der Waals surface area contributed by atoms with E-state index in [0.717, 1.165) is 12.1 Å². The number of rotatable bonds is 2. The van der Waals surface area contributed by atoms with Gasteiger partial charge in [-0.3, -0.25) is 4.79 Å². The van der Waals surface area contributed by atoms with E-state index in [-0.39, 0.29) is 22.0 Å². The Morgan fingerprint density at radius 1 is 1.14 bits per heavy atom. The van der Waals surface area contributed by atoms with Crippen LogP contribution in [0.5, 0.6) is 0 Å². The van der Waals surface area contributed by atoms with Crippen molar-refractivity contribution < 1.29 is 18.0 Å². The first-order valence-corrected chi connectivity index (χ1v) is 6.19. The molecule has 0 bridgehead atoms. The third-order valence-corrected chi connectivity index (χ3v) is 3.14. The van der Waals surface area contributed by atoms with Gasteiger partial charge in [-0.05, 0) is 30.3 Å². The van der Waals surface area contributed by atoms with Crippen LogP contribution >= 0.6 is 11.6 Å². The Hall–Kier alpha value is -2.21. The molecule has 0 saturated carbocycles. The maximum Gasteiger partial charge on any atom is 0.416 e. The number of amides is 1. The van der Waals surface area contributed by atoms with Crippen LogP contribution in [0.2, 0.25) is 5.02 Å². The smallest absolute Gasteiger partial charge is 0.398 e. The molecule has 0 spiro atoms. The molecule has 0 saturated heterocycles. The van der Waals surface area contributed by atoms with E-state index in [0.29, 0.717) is 0 Å². The van der Waals surface area contributed by atoms with Crippen LogP contribution in [0.15, 0.2) is 42.5 Å². The summed E-state index contributed by atoms with van der Waals surface area (Å²) in [5.41, 5.74) is 5.05. The second-order valence-electron chi connectivity index (χ2n) is 4.24. The first kappa shape index (κ1) is 15.2. The molecule has 2 aromatic carbocycles. The van der Waals surface area contributed by atoms with Gasteiger partial charge in [-0.15, -0.1) is 0 Å². The molecule has 0 aromatic heterocycles. The van der Waals surface area contributed by atoms with E-state index in [9.17, 15) is 18.0 Å². The third-order valence-electron chi connectivity index (χ3n) is 2.72. The highest BCUT2D eigenvalue weighted by molar-refractivity contribution is 6.36. The summed E-state index contributed by atoms with van der Waals surface area (Å²) < 4.78 is 37.8. The van der Waals surface area contributed by atoms with Crippen molar-refractivity contribution in [3.05, 3.63) is 58.6 Å². The second-order valence-corrected chi connectivity index (χ2v) is 4.62. The molecule has 0 aliphatic carbocycles. The summed E-state index contributed by atoms with van der Waals surface area (Å²) >= 11 is 5.89. The predicted octanol–water partition coefficient (Wildman–Crippen LogP) is 4.19. The number of carbonyl (C=O) groups excluding carboxylic acids is 1. The fourth-order valence-electron chi connectivity index (χ4n) is 1.70. The Labute approximate surface area is 123 Å². The molecule has 7 heteroatoms. The summed E-state index contributed by atoms with van der Waals surface area (Å²) in [6, 6.07) is 8.81. The summed E-state index contributed by atoms with van der Waals surface area (Å²) in [4.78, 5) is 12.0. The van der Waals surface area contributed by atoms with Gasteiger partial charge >= 0.3 is 6.18 Å². The van der Waals surface area contributed by atoms with Crippen molar-refractivity contribution in [1.82, 2.24) is 0 Å². The number of nitrogens with one attached hydrogen (secondary N) is 1. The maximum absolute atomic E-state index is 12.6. The molecule has 3 nitrogen and oxygen atoms in total. The highest BCUT2D eigenvalue weighted by Crippen LogP contribution is 2.31. The Bertz CT molecular complexity index is 686. The normalized spacial score (nSPS) is 11.2. The van der Waals surface area contributed by atoms with Crippen molar-refractivity contribution in [2.75, 3.05) is 11.1 Å². The van der Waals surface area contributed by atoms with Crippen molar-refractivity contribution in [2.24, 2.45) is 0 Å². The number of hydrogen-bond donors (Lipinski definition) is 2. The van der Waals surface area contributed by atoms with Crippen molar-refractivity contribution in [3.8, 4) is 0 Å². The van der Waals surface area contributed by atoms with Crippen LogP contribution in [0.3, 0.4) is 0 Å². The zero-order valence-electron chi connectivity index (χ0n) is 10.5. The van der Waals surface area contributed by atoms with Crippen molar-refractivity contribution in [2.45, 2.75) is 6.18 Å². The van der Waals surface area contributed by atoms with Crippen molar-refractivity contribution in [1.29, 1.82) is 0 Å². The minimum Gasteiger partial charge on any atom is -0.398 e. The quantitative estimate of drug-likeness (QED) is 0.816. The number of carbonyl (C=O) groups is 1. The summed E-state index contributed by atoms with van der Waals surface area (Å²) in [7, 11) is 0. The summed E-state index contributed by atoms with van der Waals surface area (Å²) in [5.74, 6) is -0.633. The lowest BCUT2D eigenvalue weighted by atomic mass is 10.1. The van der Waals surface area contributed by atoms with Crippen LogP contribution in [-0.2, 0) is 6.18 Å². The minimum atomic E-state index is -4.48. The highest BCUT2D eigenvalue weighted by atomic mass is 35.5. The minimum absolute atomic E-state index is 0.0216. The highest BCUT2D eigenvalue weighted by Gasteiger charge is 2.30. The van der Waals surface area contributed by atoms with Crippen LogP contribution in [0.1, 0.15) is 15.9 Å². The molecule has 21 heavy (non-hydrogen) atoms. The van der Waals surface area contributed by atoms with Crippen LogP contribution in [0.25, 0.3) is 0 Å². The second kappa shape index (κ2) is 5.65. The van der Waals surface area contributed by atoms with Crippen molar-refractivity contribution >= 4 is 28.9 Å². The molecule has 0 atom stereocenters. The molecular weight excluding hydrogens is 305 g/mol. The number of nitrogens with two attached hydrogens (primary N) is 1. The number of halogens is 4. The molecule has 2 rings (SSSR count). The van der Waals surface area contributed by atoms with Gasteiger partial charge in [0.15, 0.2) is 0 Å². The van der Waals surface area contributed by atoms with Gasteiger partial charge in [0.2, 0.25) is 0 Å². The molecule has 0 unspecified atom stereocenters. The van der Waals surface area contributed by atoms with Gasteiger partial charge in [-0.25, -0.2) is 0 Å². The molecule has 2 aromatic rings. The molecule has 0 aliphatic rings. The molecule has 0 radical (unpaired) electrons. The zero-order chi connectivity index (χ0) is 15.6. The van der Waals surface area contributed by atoms with Gasteiger partial charge in [-0.1, -0.05) is 23.7 Å². The Morgan fingerprint density at radius 3 is 2.48 bits per heavy atom. The van der Waals surface area contributed by atoms with Gasteiger partial charge in [-0.2, -0.15) is 13.2 Å². The molecule has 110 valence electrons. The average Bonchev–Trinajstić information content (AvgIpc) is 2.41. The lowest BCUT2D eigenvalue weighted by molar-refractivity contribution is -0.137. The number of hydrogen-bond acceptors (Lipinski definition) is 2. The first-order chi connectivity index (χ1) is 9.79. The molecular formula is C14H10ClF3N2O. The van der Waals surface area contributed by atoms with E-state index in [1.165, 1.54) is 30.3 Å².